The molecule has 1 aliphatic rings. The van der Waals surface area contributed by atoms with Crippen molar-refractivity contribution in [3.05, 3.63) is 48.2 Å². The van der Waals surface area contributed by atoms with Gasteiger partial charge in [-0.2, -0.15) is 0 Å². The maximum absolute atomic E-state index is 11.3. The largest absolute Gasteiger partial charge is 0.399 e. The van der Waals surface area contributed by atoms with Crippen LogP contribution in [0.3, 0.4) is 0 Å². The van der Waals surface area contributed by atoms with E-state index in [1.807, 2.05) is 48.3 Å². The second-order valence-corrected chi connectivity index (χ2v) is 5.60. The number of hydrogen-bond donors (Lipinski definition) is 1. The minimum atomic E-state index is -0.499. The van der Waals surface area contributed by atoms with E-state index in [1.165, 1.54) is 11.8 Å². The molecule has 0 fully saturated rings. The first-order valence-corrected chi connectivity index (χ1v) is 7.26. The lowest BCUT2D eigenvalue weighted by molar-refractivity contribution is -0.109. The molecule has 0 saturated heterocycles. The Bertz CT molecular complexity index is 699. The molecule has 0 saturated carbocycles. The number of anilines is 2. The third-order valence-corrected chi connectivity index (χ3v) is 4.35. The average molecular weight is 298 g/mol. The van der Waals surface area contributed by atoms with E-state index in [4.69, 9.17) is 5.73 Å². The Kier molecular flexibility index (Phi) is 3.62. The number of aromatic nitrogens is 1. The number of aliphatic imine (C=N–C) groups is 1. The Hall–Kier alpha value is -2.34. The van der Waals surface area contributed by atoms with Gasteiger partial charge in [0.25, 0.3) is 0 Å². The zero-order chi connectivity index (χ0) is 14.8. The average Bonchev–Trinajstić information content (AvgIpc) is 2.53. The topological polar surface area (TPSA) is 71.6 Å². The highest BCUT2D eigenvalue weighted by molar-refractivity contribution is 8.14. The predicted octanol–water partition coefficient (Wildman–Crippen LogP) is 2.50. The molecule has 2 N–H and O–H groups in total. The molecule has 5 nitrogen and oxygen atoms in total. The van der Waals surface area contributed by atoms with Crippen molar-refractivity contribution < 1.29 is 4.79 Å². The number of rotatable bonds is 2. The molecule has 0 bridgehead atoms. The minimum Gasteiger partial charge on any atom is -0.399 e. The Labute approximate surface area is 126 Å². The summed E-state index contributed by atoms with van der Waals surface area (Å²) >= 11 is 1.46. The number of amidine groups is 1. The molecule has 21 heavy (non-hydrogen) atoms. The van der Waals surface area contributed by atoms with Crippen LogP contribution in [0.15, 0.2) is 52.6 Å². The van der Waals surface area contributed by atoms with Crippen LogP contribution in [0, 0.1) is 0 Å². The van der Waals surface area contributed by atoms with Gasteiger partial charge in [0.1, 0.15) is 17.4 Å². The molecule has 1 aromatic carbocycles. The number of nitrogens with two attached hydrogens (primary N) is 1. The number of fused-ring (bicyclic) bond motifs is 1. The summed E-state index contributed by atoms with van der Waals surface area (Å²) in [7, 11) is 1.91. The third-order valence-electron chi connectivity index (χ3n) is 3.25. The highest BCUT2D eigenvalue weighted by Gasteiger charge is 2.25. The summed E-state index contributed by atoms with van der Waals surface area (Å²) in [5.41, 5.74) is 8.22. The molecule has 1 atom stereocenters. The lowest BCUT2D eigenvalue weighted by Gasteiger charge is -2.26. The maximum atomic E-state index is 11.3. The van der Waals surface area contributed by atoms with Crippen LogP contribution in [-0.4, -0.2) is 23.5 Å². The molecule has 2 heterocycles. The Morgan fingerprint density at radius 2 is 2.05 bits per heavy atom. The van der Waals surface area contributed by atoms with E-state index in [0.717, 1.165) is 27.7 Å². The summed E-state index contributed by atoms with van der Waals surface area (Å²) in [5, 5.41) is 1.56. The molecule has 0 aliphatic carbocycles. The van der Waals surface area contributed by atoms with E-state index in [1.54, 1.807) is 6.20 Å². The van der Waals surface area contributed by atoms with E-state index in [2.05, 4.69) is 9.98 Å². The molecule has 1 aromatic heterocycles. The van der Waals surface area contributed by atoms with Crippen LogP contribution in [0.4, 0.5) is 11.4 Å². The second kappa shape index (κ2) is 5.57. The van der Waals surface area contributed by atoms with Gasteiger partial charge >= 0.3 is 0 Å². The monoisotopic (exact) mass is 298 g/mol. The van der Waals surface area contributed by atoms with Crippen LogP contribution in [0.2, 0.25) is 0 Å². The SMILES string of the molecule is CN(C1=NC(C=O)c2cccnc2S1)c1ccc(N)cc1. The van der Waals surface area contributed by atoms with Crippen LogP contribution in [-0.2, 0) is 4.79 Å². The molecule has 0 radical (unpaired) electrons. The van der Waals surface area contributed by atoms with E-state index < -0.39 is 6.04 Å². The highest BCUT2D eigenvalue weighted by atomic mass is 32.2. The van der Waals surface area contributed by atoms with Gasteiger partial charge in [0.15, 0.2) is 5.17 Å². The van der Waals surface area contributed by atoms with Crippen molar-refractivity contribution in [2.75, 3.05) is 17.7 Å². The van der Waals surface area contributed by atoms with Crippen molar-refractivity contribution in [2.24, 2.45) is 4.99 Å². The van der Waals surface area contributed by atoms with Gasteiger partial charge < -0.3 is 15.4 Å². The number of thioether (sulfide) groups is 1. The fraction of sp³-hybridized carbons (Fsp3) is 0.133. The van der Waals surface area contributed by atoms with Crippen molar-refractivity contribution in [1.82, 2.24) is 4.98 Å². The highest BCUT2D eigenvalue weighted by Crippen LogP contribution is 2.35. The van der Waals surface area contributed by atoms with Crippen LogP contribution in [0.1, 0.15) is 11.6 Å². The number of aldehydes is 1. The van der Waals surface area contributed by atoms with Crippen molar-refractivity contribution in [3.8, 4) is 0 Å². The Morgan fingerprint density at radius 3 is 2.76 bits per heavy atom. The normalized spacial score (nSPS) is 16.8. The van der Waals surface area contributed by atoms with E-state index >= 15 is 0 Å². The van der Waals surface area contributed by atoms with Gasteiger partial charge in [-0.3, -0.25) is 0 Å². The van der Waals surface area contributed by atoms with Gasteiger partial charge in [0.2, 0.25) is 0 Å². The van der Waals surface area contributed by atoms with Crippen LogP contribution in [0.5, 0.6) is 0 Å². The van der Waals surface area contributed by atoms with Crippen LogP contribution >= 0.6 is 11.8 Å². The zero-order valence-corrected chi connectivity index (χ0v) is 12.2. The second-order valence-electron chi connectivity index (χ2n) is 4.64. The quantitative estimate of drug-likeness (QED) is 0.681. The number of nitrogens with zero attached hydrogens (tertiary/aromatic N) is 3. The van der Waals surface area contributed by atoms with Crippen molar-refractivity contribution in [2.45, 2.75) is 11.1 Å². The predicted molar refractivity (Wildman–Crippen MR) is 85.6 cm³/mol. The number of pyridine rings is 1. The van der Waals surface area contributed by atoms with E-state index in [9.17, 15) is 4.79 Å². The zero-order valence-electron chi connectivity index (χ0n) is 11.4. The molecular weight excluding hydrogens is 284 g/mol. The van der Waals surface area contributed by atoms with Gasteiger partial charge in [0, 0.05) is 30.2 Å². The summed E-state index contributed by atoms with van der Waals surface area (Å²) in [6.07, 6.45) is 2.57. The van der Waals surface area contributed by atoms with Gasteiger partial charge in [0.05, 0.1) is 0 Å². The Balaban J connectivity index is 1.94. The van der Waals surface area contributed by atoms with E-state index in [-0.39, 0.29) is 0 Å². The number of benzene rings is 1. The lowest BCUT2D eigenvalue weighted by Crippen LogP contribution is -2.27. The lowest BCUT2D eigenvalue weighted by atomic mass is 10.1. The van der Waals surface area contributed by atoms with Crippen molar-refractivity contribution >= 4 is 34.6 Å². The molecule has 1 unspecified atom stereocenters. The molecule has 106 valence electrons. The maximum Gasteiger partial charge on any atom is 0.170 e. The number of carbonyl (C=O) groups excluding carboxylic acids is 1. The van der Waals surface area contributed by atoms with Crippen LogP contribution < -0.4 is 10.6 Å². The number of hydrogen-bond acceptors (Lipinski definition) is 6. The summed E-state index contributed by atoms with van der Waals surface area (Å²) < 4.78 is 0. The Morgan fingerprint density at radius 1 is 1.29 bits per heavy atom. The summed E-state index contributed by atoms with van der Waals surface area (Å²) in [6, 6.07) is 10.7. The van der Waals surface area contributed by atoms with Gasteiger partial charge in [-0.15, -0.1) is 0 Å². The van der Waals surface area contributed by atoms with Gasteiger partial charge in [-0.25, -0.2) is 9.98 Å². The third kappa shape index (κ3) is 2.62. The van der Waals surface area contributed by atoms with Gasteiger partial charge in [-0.05, 0) is 42.1 Å². The fourth-order valence-corrected chi connectivity index (χ4v) is 3.08. The van der Waals surface area contributed by atoms with Crippen molar-refractivity contribution in [1.29, 1.82) is 0 Å². The summed E-state index contributed by atoms with van der Waals surface area (Å²) in [4.78, 5) is 22.1. The summed E-state index contributed by atoms with van der Waals surface area (Å²) in [6.45, 7) is 0. The standard InChI is InChI=1S/C15H14N4OS/c1-19(11-6-4-10(16)5-7-11)15-18-13(9-20)12-3-2-8-17-14(12)21-15/h2-9,13H,16H2,1H3. The molecule has 0 spiro atoms. The molecule has 3 rings (SSSR count). The summed E-state index contributed by atoms with van der Waals surface area (Å²) in [5.74, 6) is 0. The fourth-order valence-electron chi connectivity index (χ4n) is 2.08. The van der Waals surface area contributed by atoms with Crippen LogP contribution in [0.25, 0.3) is 0 Å². The molecule has 6 heteroatoms. The van der Waals surface area contributed by atoms with E-state index in [0.29, 0.717) is 5.69 Å². The molecule has 0 amide bonds. The number of nitrogen functional groups attached to an aromatic ring is 1. The van der Waals surface area contributed by atoms with Crippen molar-refractivity contribution in [3.63, 3.8) is 0 Å². The smallest absolute Gasteiger partial charge is 0.170 e. The molecule has 1 aliphatic heterocycles. The van der Waals surface area contributed by atoms with Gasteiger partial charge in [-0.1, -0.05) is 6.07 Å². The minimum absolute atomic E-state index is 0.499. The first-order chi connectivity index (χ1) is 10.2. The molecule has 2 aromatic rings. The first kappa shape index (κ1) is 13.6. The number of carbonyl (C=O) groups is 1. The first-order valence-electron chi connectivity index (χ1n) is 6.44. The molecular formula is C15H14N4OS.